The zero-order valence-corrected chi connectivity index (χ0v) is 18.3. The first-order valence-electron chi connectivity index (χ1n) is 10.1. The summed E-state index contributed by atoms with van der Waals surface area (Å²) >= 11 is 0. The molecule has 0 aromatic carbocycles. The number of aryl methyl sites for hydroxylation is 3. The number of carbonyl (C=O) groups excluding carboxylic acids is 1. The van der Waals surface area contributed by atoms with E-state index in [1.807, 2.05) is 37.7 Å². The highest BCUT2D eigenvalue weighted by Gasteiger charge is 2.35. The van der Waals surface area contributed by atoms with Gasteiger partial charge in [-0.25, -0.2) is 8.42 Å². The molecule has 1 aliphatic rings. The van der Waals surface area contributed by atoms with E-state index >= 15 is 0 Å². The number of rotatable bonds is 7. The minimum absolute atomic E-state index is 0.135. The summed E-state index contributed by atoms with van der Waals surface area (Å²) in [6.45, 7) is 9.47. The lowest BCUT2D eigenvalue weighted by molar-refractivity contribution is -0.126. The van der Waals surface area contributed by atoms with Crippen LogP contribution in [0.25, 0.3) is 0 Å². The quantitative estimate of drug-likeness (QED) is 0.732. The van der Waals surface area contributed by atoms with Crippen LogP contribution in [0.3, 0.4) is 0 Å². The van der Waals surface area contributed by atoms with Crippen LogP contribution in [0.15, 0.2) is 23.4 Å². The van der Waals surface area contributed by atoms with Gasteiger partial charge in [-0.2, -0.15) is 14.5 Å². The number of nitrogens with zero attached hydrogens (tertiary/aromatic N) is 5. The normalized spacial score (nSPS) is 19.2. The van der Waals surface area contributed by atoms with E-state index in [0.717, 1.165) is 12.2 Å². The molecule has 0 unspecified atom stereocenters. The van der Waals surface area contributed by atoms with Gasteiger partial charge in [0.1, 0.15) is 4.90 Å². The summed E-state index contributed by atoms with van der Waals surface area (Å²) in [5.74, 6) is -0.514. The third-order valence-corrected chi connectivity index (χ3v) is 7.35. The van der Waals surface area contributed by atoms with Gasteiger partial charge < -0.3 is 5.32 Å². The van der Waals surface area contributed by atoms with Crippen molar-refractivity contribution >= 4 is 15.9 Å². The highest BCUT2D eigenvalue weighted by atomic mass is 32.2. The Morgan fingerprint density at radius 3 is 2.62 bits per heavy atom. The van der Waals surface area contributed by atoms with E-state index < -0.39 is 10.0 Å². The van der Waals surface area contributed by atoms with Crippen molar-refractivity contribution in [2.24, 2.45) is 5.92 Å². The van der Waals surface area contributed by atoms with Crippen LogP contribution in [0.2, 0.25) is 0 Å². The SMILES string of the molecule is CCn1ccc([C@@H](C)NC(=O)[C@H]2CCCN(S(=O)(=O)c3cn(CC)nc3C)C2)n1. The molecule has 1 N–H and O–H groups in total. The number of sulfonamides is 1. The van der Waals surface area contributed by atoms with Gasteiger partial charge in [0.2, 0.25) is 15.9 Å². The molecule has 3 heterocycles. The van der Waals surface area contributed by atoms with Gasteiger partial charge in [0.15, 0.2) is 0 Å². The molecule has 0 aliphatic carbocycles. The molecule has 0 spiro atoms. The third kappa shape index (κ3) is 4.53. The molecule has 29 heavy (non-hydrogen) atoms. The Bertz CT molecular complexity index is 965. The number of hydrogen-bond acceptors (Lipinski definition) is 5. The average Bonchev–Trinajstić information content (AvgIpc) is 3.34. The first-order valence-corrected chi connectivity index (χ1v) is 11.6. The number of hydrogen-bond donors (Lipinski definition) is 1. The Labute approximate surface area is 172 Å². The summed E-state index contributed by atoms with van der Waals surface area (Å²) in [6.07, 6.45) is 4.77. The van der Waals surface area contributed by atoms with Crippen molar-refractivity contribution in [2.45, 2.75) is 64.6 Å². The van der Waals surface area contributed by atoms with Gasteiger partial charge in [-0.15, -0.1) is 0 Å². The molecule has 1 aliphatic heterocycles. The summed E-state index contributed by atoms with van der Waals surface area (Å²) in [5, 5.41) is 11.7. The smallest absolute Gasteiger partial charge is 0.246 e. The van der Waals surface area contributed by atoms with Crippen molar-refractivity contribution in [1.82, 2.24) is 29.2 Å². The monoisotopic (exact) mass is 422 g/mol. The minimum Gasteiger partial charge on any atom is -0.348 e. The number of amides is 1. The Balaban J connectivity index is 1.69. The van der Waals surface area contributed by atoms with E-state index in [2.05, 4.69) is 15.5 Å². The van der Waals surface area contributed by atoms with E-state index in [0.29, 0.717) is 31.6 Å². The van der Waals surface area contributed by atoms with E-state index in [1.165, 1.54) is 4.31 Å². The first kappa shape index (κ1) is 21.5. The van der Waals surface area contributed by atoms with E-state index in [4.69, 9.17) is 0 Å². The topological polar surface area (TPSA) is 102 Å². The largest absolute Gasteiger partial charge is 0.348 e. The Kier molecular flexibility index (Phi) is 6.42. The van der Waals surface area contributed by atoms with Gasteiger partial charge in [0.25, 0.3) is 0 Å². The molecule has 9 nitrogen and oxygen atoms in total. The molecule has 1 fully saturated rings. The van der Waals surface area contributed by atoms with Crippen molar-refractivity contribution in [3.63, 3.8) is 0 Å². The number of piperidine rings is 1. The second-order valence-electron chi connectivity index (χ2n) is 7.46. The molecular formula is C19H30N6O3S. The Morgan fingerprint density at radius 1 is 1.28 bits per heavy atom. The predicted molar refractivity (Wildman–Crippen MR) is 109 cm³/mol. The van der Waals surface area contributed by atoms with Crippen molar-refractivity contribution < 1.29 is 13.2 Å². The van der Waals surface area contributed by atoms with Crippen LogP contribution in [0, 0.1) is 12.8 Å². The fourth-order valence-corrected chi connectivity index (χ4v) is 5.31. The highest BCUT2D eigenvalue weighted by Crippen LogP contribution is 2.26. The van der Waals surface area contributed by atoms with E-state index in [1.54, 1.807) is 17.8 Å². The Morgan fingerprint density at radius 2 is 2.00 bits per heavy atom. The van der Waals surface area contributed by atoms with E-state index in [9.17, 15) is 13.2 Å². The summed E-state index contributed by atoms with van der Waals surface area (Å²) in [5.41, 5.74) is 1.28. The van der Waals surface area contributed by atoms with Crippen LogP contribution in [0.1, 0.15) is 51.0 Å². The second-order valence-corrected chi connectivity index (χ2v) is 9.37. The standard InChI is InChI=1S/C19H30N6O3S/c1-5-23-11-9-17(22-23)14(3)20-19(26)16-8-7-10-25(12-16)29(27,28)18-13-24(6-2)21-15(18)4/h9,11,13-14,16H,5-8,10,12H2,1-4H3,(H,20,26)/t14-,16+/m1/s1. The molecule has 2 aromatic rings. The minimum atomic E-state index is -3.67. The lowest BCUT2D eigenvalue weighted by Gasteiger charge is -2.31. The molecule has 1 amide bonds. The van der Waals surface area contributed by atoms with Gasteiger partial charge in [-0.3, -0.25) is 14.2 Å². The molecule has 0 bridgehead atoms. The van der Waals surface area contributed by atoms with Crippen LogP contribution in [-0.2, 0) is 27.9 Å². The molecule has 0 radical (unpaired) electrons. The number of nitrogens with one attached hydrogen (secondary N) is 1. The fraction of sp³-hybridized carbons (Fsp3) is 0.632. The van der Waals surface area contributed by atoms with Gasteiger partial charge >= 0.3 is 0 Å². The molecule has 2 atom stereocenters. The highest BCUT2D eigenvalue weighted by molar-refractivity contribution is 7.89. The van der Waals surface area contributed by atoms with Crippen LogP contribution < -0.4 is 5.32 Å². The molecular weight excluding hydrogens is 392 g/mol. The maximum Gasteiger partial charge on any atom is 0.246 e. The predicted octanol–water partition coefficient (Wildman–Crippen LogP) is 1.71. The lowest BCUT2D eigenvalue weighted by Crippen LogP contribution is -2.45. The van der Waals surface area contributed by atoms with Gasteiger partial charge in [-0.1, -0.05) is 0 Å². The molecule has 3 rings (SSSR count). The first-order chi connectivity index (χ1) is 13.8. The van der Waals surface area contributed by atoms with Crippen LogP contribution >= 0.6 is 0 Å². The van der Waals surface area contributed by atoms with Crippen molar-refractivity contribution in [3.8, 4) is 0 Å². The zero-order chi connectivity index (χ0) is 21.2. The number of carbonyl (C=O) groups is 1. The molecule has 10 heteroatoms. The van der Waals surface area contributed by atoms with E-state index in [-0.39, 0.29) is 29.3 Å². The van der Waals surface area contributed by atoms with Crippen molar-refractivity contribution in [2.75, 3.05) is 13.1 Å². The molecule has 1 saturated heterocycles. The molecule has 160 valence electrons. The third-order valence-electron chi connectivity index (χ3n) is 5.39. The van der Waals surface area contributed by atoms with Gasteiger partial charge in [0.05, 0.1) is 23.3 Å². The van der Waals surface area contributed by atoms with Crippen LogP contribution in [-0.4, -0.2) is 51.3 Å². The maximum absolute atomic E-state index is 13.1. The maximum atomic E-state index is 13.1. The van der Waals surface area contributed by atoms with Crippen LogP contribution in [0.4, 0.5) is 0 Å². The summed E-state index contributed by atoms with van der Waals surface area (Å²) < 4.78 is 31.1. The average molecular weight is 423 g/mol. The van der Waals surface area contributed by atoms with Crippen molar-refractivity contribution in [1.29, 1.82) is 0 Å². The second kappa shape index (κ2) is 8.66. The number of aromatic nitrogens is 4. The molecule has 2 aromatic heterocycles. The Hall–Kier alpha value is -2.20. The van der Waals surface area contributed by atoms with Gasteiger partial charge in [-0.05, 0) is 46.6 Å². The van der Waals surface area contributed by atoms with Crippen LogP contribution in [0.5, 0.6) is 0 Å². The van der Waals surface area contributed by atoms with Crippen molar-refractivity contribution in [3.05, 3.63) is 29.8 Å². The van der Waals surface area contributed by atoms with Gasteiger partial charge in [0, 0.05) is 38.6 Å². The zero-order valence-electron chi connectivity index (χ0n) is 17.5. The lowest BCUT2D eigenvalue weighted by atomic mass is 9.98. The molecule has 0 saturated carbocycles. The summed E-state index contributed by atoms with van der Waals surface area (Å²) in [6, 6.07) is 1.66. The fourth-order valence-electron chi connectivity index (χ4n) is 3.62. The summed E-state index contributed by atoms with van der Waals surface area (Å²) in [7, 11) is -3.67. The summed E-state index contributed by atoms with van der Waals surface area (Å²) in [4.78, 5) is 13.0.